The van der Waals surface area contributed by atoms with Crippen LogP contribution < -0.4 is 0 Å². The predicted molar refractivity (Wildman–Crippen MR) is 106 cm³/mol. The minimum Gasteiger partial charge on any atom is -0.471 e. The molecule has 8 heteroatoms. The summed E-state index contributed by atoms with van der Waals surface area (Å²) >= 11 is 6.72. The second-order valence-corrected chi connectivity index (χ2v) is 9.18. The summed E-state index contributed by atoms with van der Waals surface area (Å²) in [6, 6.07) is 12.5. The lowest BCUT2D eigenvalue weighted by molar-refractivity contribution is 0.187. The van der Waals surface area contributed by atoms with Crippen LogP contribution in [0.3, 0.4) is 0 Å². The maximum absolute atomic E-state index is 13.6. The number of sulfonamides is 1. The average Bonchev–Trinajstić information content (AvgIpc) is 3.07. The SMILES string of the molecule is Cc1ccc(S(=O)(=O)N2C[C@H](CBr)O/C2=C(/Br)c2cccc(F)c2)cc1. The molecule has 3 rings (SSSR count). The molecule has 0 unspecified atom stereocenters. The quantitative estimate of drug-likeness (QED) is 0.570. The molecule has 4 nitrogen and oxygen atoms in total. The van der Waals surface area contributed by atoms with E-state index in [9.17, 15) is 12.8 Å². The van der Waals surface area contributed by atoms with Gasteiger partial charge in [0.1, 0.15) is 11.9 Å². The van der Waals surface area contributed by atoms with Crippen LogP contribution in [0.1, 0.15) is 11.1 Å². The van der Waals surface area contributed by atoms with Gasteiger partial charge in [-0.2, -0.15) is 0 Å². The lowest BCUT2D eigenvalue weighted by Gasteiger charge is -2.19. The highest BCUT2D eigenvalue weighted by Crippen LogP contribution is 2.36. The van der Waals surface area contributed by atoms with Crippen molar-refractivity contribution in [1.29, 1.82) is 0 Å². The maximum Gasteiger partial charge on any atom is 0.266 e. The summed E-state index contributed by atoms with van der Waals surface area (Å²) in [4.78, 5) is 0.180. The van der Waals surface area contributed by atoms with Crippen LogP contribution in [0.2, 0.25) is 0 Å². The predicted octanol–water partition coefficient (Wildman–Crippen LogP) is 4.64. The number of ether oxygens (including phenoxy) is 1. The molecule has 0 aliphatic carbocycles. The molecule has 1 aliphatic rings. The normalized spacial score (nSPS) is 19.4. The zero-order valence-corrected chi connectivity index (χ0v) is 17.8. The van der Waals surface area contributed by atoms with E-state index in [0.29, 0.717) is 15.4 Å². The highest BCUT2D eigenvalue weighted by Gasteiger charge is 2.38. The van der Waals surface area contributed by atoms with Crippen molar-refractivity contribution in [3.8, 4) is 0 Å². The fourth-order valence-electron chi connectivity index (χ4n) is 2.56. The van der Waals surface area contributed by atoms with E-state index in [-0.39, 0.29) is 23.4 Å². The summed E-state index contributed by atoms with van der Waals surface area (Å²) < 4.78 is 47.2. The Balaban J connectivity index is 2.08. The molecule has 0 bridgehead atoms. The summed E-state index contributed by atoms with van der Waals surface area (Å²) in [6.07, 6.45) is -0.341. The topological polar surface area (TPSA) is 46.6 Å². The van der Waals surface area contributed by atoms with E-state index in [0.717, 1.165) is 5.56 Å². The van der Waals surface area contributed by atoms with E-state index in [1.54, 1.807) is 36.4 Å². The van der Waals surface area contributed by atoms with Gasteiger partial charge in [0.15, 0.2) is 0 Å². The smallest absolute Gasteiger partial charge is 0.266 e. The zero-order chi connectivity index (χ0) is 18.9. The van der Waals surface area contributed by atoms with Crippen molar-refractivity contribution < 1.29 is 17.5 Å². The fourth-order valence-corrected chi connectivity index (χ4v) is 5.01. The summed E-state index contributed by atoms with van der Waals surface area (Å²) in [5.41, 5.74) is 1.47. The third kappa shape index (κ3) is 3.82. The van der Waals surface area contributed by atoms with E-state index >= 15 is 0 Å². The van der Waals surface area contributed by atoms with Gasteiger partial charge in [0.2, 0.25) is 5.88 Å². The second kappa shape index (κ2) is 7.70. The van der Waals surface area contributed by atoms with Crippen molar-refractivity contribution in [2.24, 2.45) is 0 Å². The first-order valence-electron chi connectivity index (χ1n) is 7.80. The highest BCUT2D eigenvalue weighted by atomic mass is 79.9. The Labute approximate surface area is 169 Å². The maximum atomic E-state index is 13.6. The zero-order valence-electron chi connectivity index (χ0n) is 13.8. The highest BCUT2D eigenvalue weighted by molar-refractivity contribution is 9.15. The number of hydrogen-bond donors (Lipinski definition) is 0. The molecular formula is C18H16Br2FNO3S. The van der Waals surface area contributed by atoms with Gasteiger partial charge in [0.05, 0.1) is 15.9 Å². The van der Waals surface area contributed by atoms with Crippen molar-refractivity contribution in [3.63, 3.8) is 0 Å². The summed E-state index contributed by atoms with van der Waals surface area (Å²) in [5, 5.41) is 0.472. The summed E-state index contributed by atoms with van der Waals surface area (Å²) in [7, 11) is -3.80. The molecule has 1 fully saturated rings. The minimum atomic E-state index is -3.80. The molecule has 0 amide bonds. The van der Waals surface area contributed by atoms with Crippen LogP contribution in [0.25, 0.3) is 4.48 Å². The third-order valence-electron chi connectivity index (χ3n) is 3.92. The van der Waals surface area contributed by atoms with Crippen molar-refractivity contribution >= 4 is 46.4 Å². The van der Waals surface area contributed by atoms with Gasteiger partial charge in [-0.15, -0.1) is 0 Å². The summed E-state index contributed by atoms with van der Waals surface area (Å²) in [6.45, 7) is 2.06. The van der Waals surface area contributed by atoms with Gasteiger partial charge in [-0.1, -0.05) is 45.8 Å². The van der Waals surface area contributed by atoms with Crippen LogP contribution in [0, 0.1) is 12.7 Å². The molecule has 1 heterocycles. The lowest BCUT2D eigenvalue weighted by atomic mass is 10.2. The molecule has 1 atom stereocenters. The molecule has 138 valence electrons. The molecule has 0 radical (unpaired) electrons. The third-order valence-corrected chi connectivity index (χ3v) is 7.20. The second-order valence-electron chi connectivity index (χ2n) is 5.87. The Morgan fingerprint density at radius 1 is 1.27 bits per heavy atom. The number of nitrogens with zero attached hydrogens (tertiary/aromatic N) is 1. The lowest BCUT2D eigenvalue weighted by Crippen LogP contribution is -2.29. The standard InChI is InChI=1S/C18H16Br2FNO3S/c1-12-5-7-16(8-6-12)26(23,24)22-11-15(10-19)25-18(22)17(20)13-3-2-4-14(21)9-13/h2-9,15H,10-11H2,1H3/b18-17+/t15-/m0/s1. The van der Waals surface area contributed by atoms with Gasteiger partial charge in [-0.05, 0) is 52.7 Å². The number of benzene rings is 2. The van der Waals surface area contributed by atoms with Gasteiger partial charge in [0, 0.05) is 5.33 Å². The summed E-state index contributed by atoms with van der Waals surface area (Å²) in [5.74, 6) is -0.261. The van der Waals surface area contributed by atoms with Crippen LogP contribution >= 0.6 is 31.9 Å². The van der Waals surface area contributed by atoms with E-state index in [1.807, 2.05) is 6.92 Å². The Morgan fingerprint density at radius 3 is 2.58 bits per heavy atom. The molecule has 0 spiro atoms. The molecular weight excluding hydrogens is 489 g/mol. The first kappa shape index (κ1) is 19.4. The van der Waals surface area contributed by atoms with E-state index in [2.05, 4.69) is 31.9 Å². The van der Waals surface area contributed by atoms with Crippen molar-refractivity contribution in [2.45, 2.75) is 17.9 Å². The molecule has 26 heavy (non-hydrogen) atoms. The van der Waals surface area contributed by atoms with Crippen molar-refractivity contribution in [3.05, 3.63) is 71.4 Å². The molecule has 2 aromatic rings. The molecule has 1 saturated heterocycles. The van der Waals surface area contributed by atoms with E-state index < -0.39 is 15.8 Å². The number of aryl methyl sites for hydroxylation is 1. The number of alkyl halides is 1. The first-order chi connectivity index (χ1) is 12.3. The van der Waals surface area contributed by atoms with E-state index in [1.165, 1.54) is 16.4 Å². The molecule has 1 aliphatic heterocycles. The number of rotatable bonds is 4. The molecule has 0 saturated carbocycles. The van der Waals surface area contributed by atoms with Gasteiger partial charge in [-0.3, -0.25) is 0 Å². The Kier molecular flexibility index (Phi) is 5.74. The Hall–Kier alpha value is -1.38. The fraction of sp³-hybridized carbons (Fsp3) is 0.222. The van der Waals surface area contributed by atoms with Crippen molar-refractivity contribution in [2.75, 3.05) is 11.9 Å². The molecule has 2 aromatic carbocycles. The molecule has 0 N–H and O–H groups in total. The van der Waals surface area contributed by atoms with Crippen LogP contribution in [0.5, 0.6) is 0 Å². The Bertz CT molecular complexity index is 945. The Morgan fingerprint density at radius 2 is 1.96 bits per heavy atom. The number of halogens is 3. The van der Waals surface area contributed by atoms with Crippen LogP contribution in [-0.2, 0) is 14.8 Å². The van der Waals surface area contributed by atoms with Crippen LogP contribution in [0.15, 0.2) is 59.3 Å². The molecule has 0 aromatic heterocycles. The van der Waals surface area contributed by atoms with Crippen LogP contribution in [-0.4, -0.2) is 30.7 Å². The number of hydrogen-bond acceptors (Lipinski definition) is 3. The van der Waals surface area contributed by atoms with Gasteiger partial charge < -0.3 is 4.74 Å². The van der Waals surface area contributed by atoms with Gasteiger partial charge >= 0.3 is 0 Å². The minimum absolute atomic E-state index is 0.153. The van der Waals surface area contributed by atoms with Gasteiger partial charge in [-0.25, -0.2) is 17.1 Å². The monoisotopic (exact) mass is 503 g/mol. The average molecular weight is 505 g/mol. The van der Waals surface area contributed by atoms with Gasteiger partial charge in [0.25, 0.3) is 10.0 Å². The first-order valence-corrected chi connectivity index (χ1v) is 11.2. The van der Waals surface area contributed by atoms with Crippen LogP contribution in [0.4, 0.5) is 4.39 Å². The largest absolute Gasteiger partial charge is 0.471 e. The van der Waals surface area contributed by atoms with Crippen molar-refractivity contribution in [1.82, 2.24) is 4.31 Å². The van der Waals surface area contributed by atoms with E-state index in [4.69, 9.17) is 4.74 Å².